The Morgan fingerprint density at radius 2 is 2.16 bits per heavy atom. The maximum Gasteiger partial charge on any atom is 0.270 e. The molecule has 0 aromatic heterocycles. The first-order valence-corrected chi connectivity index (χ1v) is 6.15. The van der Waals surface area contributed by atoms with Crippen molar-refractivity contribution in [2.24, 2.45) is 0 Å². The molecule has 1 aromatic rings. The lowest BCUT2D eigenvalue weighted by atomic mass is 9.77. The van der Waals surface area contributed by atoms with Crippen molar-refractivity contribution in [2.75, 3.05) is 6.61 Å². The van der Waals surface area contributed by atoms with Crippen LogP contribution >= 0.6 is 0 Å². The van der Waals surface area contributed by atoms with Gasteiger partial charge in [0.15, 0.2) is 0 Å². The van der Waals surface area contributed by atoms with Gasteiger partial charge in [0.2, 0.25) is 0 Å². The van der Waals surface area contributed by atoms with Gasteiger partial charge < -0.3 is 10.4 Å². The van der Waals surface area contributed by atoms with Crippen LogP contribution in [-0.2, 0) is 0 Å². The first-order valence-electron chi connectivity index (χ1n) is 6.15. The number of aryl methyl sites for hydroxylation is 1. The van der Waals surface area contributed by atoms with Crippen molar-refractivity contribution in [1.82, 2.24) is 5.32 Å². The molecule has 0 radical (unpaired) electrons. The predicted octanol–water partition coefficient (Wildman–Crippen LogP) is 1.55. The van der Waals surface area contributed by atoms with Crippen molar-refractivity contribution >= 4 is 11.6 Å². The highest BCUT2D eigenvalue weighted by Gasteiger charge is 2.38. The zero-order valence-corrected chi connectivity index (χ0v) is 10.7. The maximum absolute atomic E-state index is 12.1. The number of nitro groups is 1. The summed E-state index contributed by atoms with van der Waals surface area (Å²) < 4.78 is 0. The summed E-state index contributed by atoms with van der Waals surface area (Å²) in [7, 11) is 0. The van der Waals surface area contributed by atoms with Gasteiger partial charge in [-0.2, -0.15) is 0 Å². The molecule has 1 saturated carbocycles. The van der Waals surface area contributed by atoms with Gasteiger partial charge in [0.25, 0.3) is 11.6 Å². The Morgan fingerprint density at radius 3 is 2.63 bits per heavy atom. The summed E-state index contributed by atoms with van der Waals surface area (Å²) in [6, 6.07) is 4.28. The second-order valence-electron chi connectivity index (χ2n) is 5.06. The summed E-state index contributed by atoms with van der Waals surface area (Å²) in [5, 5.41) is 22.9. The molecular formula is C13H16N2O4. The number of carbonyl (C=O) groups is 1. The number of hydrogen-bond acceptors (Lipinski definition) is 4. The second-order valence-corrected chi connectivity index (χ2v) is 5.06. The van der Waals surface area contributed by atoms with Gasteiger partial charge in [-0.25, -0.2) is 0 Å². The van der Waals surface area contributed by atoms with Crippen molar-refractivity contribution in [1.29, 1.82) is 0 Å². The Morgan fingerprint density at radius 1 is 1.47 bits per heavy atom. The number of hydrogen-bond donors (Lipinski definition) is 2. The summed E-state index contributed by atoms with van der Waals surface area (Å²) in [5.74, 6) is -0.374. The topological polar surface area (TPSA) is 92.5 Å². The molecule has 0 heterocycles. The van der Waals surface area contributed by atoms with Crippen molar-refractivity contribution in [3.63, 3.8) is 0 Å². The second kappa shape index (κ2) is 4.97. The molecule has 6 nitrogen and oxygen atoms in total. The van der Waals surface area contributed by atoms with E-state index in [1.54, 1.807) is 13.0 Å². The fourth-order valence-electron chi connectivity index (χ4n) is 2.24. The van der Waals surface area contributed by atoms with E-state index in [9.17, 15) is 20.0 Å². The van der Waals surface area contributed by atoms with Gasteiger partial charge in [-0.1, -0.05) is 0 Å². The van der Waals surface area contributed by atoms with Gasteiger partial charge >= 0.3 is 0 Å². The minimum atomic E-state index is -0.546. The van der Waals surface area contributed by atoms with Gasteiger partial charge in [0, 0.05) is 17.7 Å². The summed E-state index contributed by atoms with van der Waals surface area (Å²) >= 11 is 0. The normalized spacial score (nSPS) is 16.5. The molecule has 0 aliphatic heterocycles. The van der Waals surface area contributed by atoms with Gasteiger partial charge in [-0.3, -0.25) is 14.9 Å². The zero-order valence-electron chi connectivity index (χ0n) is 10.7. The summed E-state index contributed by atoms with van der Waals surface area (Å²) in [4.78, 5) is 22.3. The van der Waals surface area contributed by atoms with E-state index >= 15 is 0 Å². The Bertz CT molecular complexity index is 518. The molecule has 0 atom stereocenters. The number of non-ortho nitro benzene ring substituents is 1. The molecule has 2 N–H and O–H groups in total. The first kappa shape index (κ1) is 13.5. The minimum absolute atomic E-state index is 0.100. The van der Waals surface area contributed by atoms with Crippen LogP contribution in [0.15, 0.2) is 18.2 Å². The Balaban J connectivity index is 2.21. The van der Waals surface area contributed by atoms with Crippen LogP contribution in [0.1, 0.15) is 35.2 Å². The van der Waals surface area contributed by atoms with E-state index in [2.05, 4.69) is 5.32 Å². The van der Waals surface area contributed by atoms with Crippen LogP contribution in [0.5, 0.6) is 0 Å². The van der Waals surface area contributed by atoms with Gasteiger partial charge in [-0.15, -0.1) is 0 Å². The number of rotatable bonds is 4. The lowest BCUT2D eigenvalue weighted by Gasteiger charge is -2.40. The Labute approximate surface area is 110 Å². The van der Waals surface area contributed by atoms with Gasteiger partial charge in [-0.05, 0) is 37.8 Å². The SMILES string of the molecule is Cc1cc(C(=O)NC2(CO)CCC2)cc([N+](=O)[O-])c1. The van der Waals surface area contributed by atoms with Crippen LogP contribution in [-0.4, -0.2) is 28.1 Å². The molecule has 19 heavy (non-hydrogen) atoms. The predicted molar refractivity (Wildman–Crippen MR) is 69.0 cm³/mol. The number of aliphatic hydroxyl groups is 1. The molecular weight excluding hydrogens is 248 g/mol. The summed E-state index contributed by atoms with van der Waals surface area (Å²) in [6.07, 6.45) is 2.45. The third-order valence-corrected chi connectivity index (χ3v) is 3.53. The largest absolute Gasteiger partial charge is 0.394 e. The highest BCUT2D eigenvalue weighted by Crippen LogP contribution is 2.31. The van der Waals surface area contributed by atoms with Crippen molar-refractivity contribution in [2.45, 2.75) is 31.7 Å². The number of carbonyl (C=O) groups excluding carboxylic acids is 1. The number of nitrogens with zero attached hydrogens (tertiary/aromatic N) is 1. The molecule has 0 unspecified atom stereocenters. The highest BCUT2D eigenvalue weighted by molar-refractivity contribution is 5.95. The fraction of sp³-hybridized carbons (Fsp3) is 0.462. The van der Waals surface area contributed by atoms with Gasteiger partial charge in [0.1, 0.15) is 0 Å². The quantitative estimate of drug-likeness (QED) is 0.637. The number of amides is 1. The third-order valence-electron chi connectivity index (χ3n) is 3.53. The van der Waals surface area contributed by atoms with Crippen LogP contribution < -0.4 is 5.32 Å². The van der Waals surface area contributed by atoms with Crippen LogP contribution in [0.4, 0.5) is 5.69 Å². The number of aliphatic hydroxyl groups excluding tert-OH is 1. The lowest BCUT2D eigenvalue weighted by Crippen LogP contribution is -2.56. The molecule has 1 aromatic carbocycles. The van der Waals surface area contributed by atoms with E-state index in [1.807, 2.05) is 0 Å². The summed E-state index contributed by atoms with van der Waals surface area (Å²) in [5.41, 5.74) is 0.268. The van der Waals surface area contributed by atoms with Crippen molar-refractivity contribution in [3.8, 4) is 0 Å². The molecule has 1 amide bonds. The third kappa shape index (κ3) is 2.73. The van der Waals surface area contributed by atoms with Crippen molar-refractivity contribution in [3.05, 3.63) is 39.4 Å². The number of nitrogens with one attached hydrogen (secondary N) is 1. The molecule has 1 fully saturated rings. The van der Waals surface area contributed by atoms with Crippen LogP contribution in [0.2, 0.25) is 0 Å². The standard InChI is InChI=1S/C13H16N2O4/c1-9-5-10(7-11(6-9)15(18)19)12(17)14-13(8-16)3-2-4-13/h5-7,16H,2-4,8H2,1H3,(H,14,17). The van der Waals surface area contributed by atoms with E-state index in [0.717, 1.165) is 19.3 Å². The molecule has 1 aliphatic rings. The van der Waals surface area contributed by atoms with Crippen LogP contribution in [0, 0.1) is 17.0 Å². The molecule has 0 saturated heterocycles. The van der Waals surface area contributed by atoms with Crippen LogP contribution in [0.3, 0.4) is 0 Å². The monoisotopic (exact) mass is 264 g/mol. The van der Waals surface area contributed by atoms with E-state index in [0.29, 0.717) is 5.56 Å². The van der Waals surface area contributed by atoms with Gasteiger partial charge in [0.05, 0.1) is 17.1 Å². The maximum atomic E-state index is 12.1. The highest BCUT2D eigenvalue weighted by atomic mass is 16.6. The van der Waals surface area contributed by atoms with E-state index < -0.39 is 10.5 Å². The molecule has 2 rings (SSSR count). The fourth-order valence-corrected chi connectivity index (χ4v) is 2.24. The number of benzene rings is 1. The van der Waals surface area contributed by atoms with E-state index in [-0.39, 0.29) is 23.8 Å². The van der Waals surface area contributed by atoms with Crippen LogP contribution in [0.25, 0.3) is 0 Å². The minimum Gasteiger partial charge on any atom is -0.394 e. The molecule has 1 aliphatic carbocycles. The van der Waals surface area contributed by atoms with E-state index in [1.165, 1.54) is 12.1 Å². The average molecular weight is 264 g/mol. The molecule has 6 heteroatoms. The van der Waals surface area contributed by atoms with Crippen molar-refractivity contribution < 1.29 is 14.8 Å². The lowest BCUT2D eigenvalue weighted by molar-refractivity contribution is -0.384. The first-order chi connectivity index (χ1) is 8.96. The van der Waals surface area contributed by atoms with E-state index in [4.69, 9.17) is 0 Å². The molecule has 0 bridgehead atoms. The molecule has 0 spiro atoms. The average Bonchev–Trinajstić information content (AvgIpc) is 2.32. The Hall–Kier alpha value is -1.95. The summed E-state index contributed by atoms with van der Waals surface area (Å²) in [6.45, 7) is 1.60. The Kier molecular flexibility index (Phi) is 3.53. The smallest absolute Gasteiger partial charge is 0.270 e. The zero-order chi connectivity index (χ0) is 14.0. The number of nitro benzene ring substituents is 1. The molecule has 102 valence electrons.